The second-order valence-corrected chi connectivity index (χ2v) is 6.88. The molecule has 0 aromatic heterocycles. The third-order valence-electron chi connectivity index (χ3n) is 4.70. The van der Waals surface area contributed by atoms with Crippen molar-refractivity contribution in [2.45, 2.75) is 77.3 Å². The van der Waals surface area contributed by atoms with E-state index < -0.39 is 0 Å². The number of hydrogen-bond acceptors (Lipinski definition) is 2. The lowest BCUT2D eigenvalue weighted by Gasteiger charge is -2.37. The highest BCUT2D eigenvalue weighted by Crippen LogP contribution is 2.35. The van der Waals surface area contributed by atoms with Gasteiger partial charge in [-0.1, -0.05) is 39.5 Å². The Labute approximate surface area is 113 Å². The zero-order valence-corrected chi connectivity index (χ0v) is 12.4. The molecular formula is C16H32N2. The fourth-order valence-electron chi connectivity index (χ4n) is 3.68. The van der Waals surface area contributed by atoms with Crippen molar-refractivity contribution in [2.75, 3.05) is 13.1 Å². The Balaban J connectivity index is 1.98. The maximum atomic E-state index is 6.16. The highest BCUT2D eigenvalue weighted by atomic mass is 15.2. The average Bonchev–Trinajstić information content (AvgIpc) is 3.16. The molecule has 1 atom stereocenters. The molecule has 2 saturated carbocycles. The maximum absolute atomic E-state index is 6.16. The molecule has 2 aliphatic rings. The van der Waals surface area contributed by atoms with Gasteiger partial charge in [0.25, 0.3) is 0 Å². The van der Waals surface area contributed by atoms with Gasteiger partial charge in [0.05, 0.1) is 0 Å². The fraction of sp³-hybridized carbons (Fsp3) is 1.00. The number of hydrogen-bond donors (Lipinski definition) is 1. The Hall–Kier alpha value is -0.0800. The summed E-state index contributed by atoms with van der Waals surface area (Å²) < 4.78 is 0. The summed E-state index contributed by atoms with van der Waals surface area (Å²) in [6.45, 7) is 6.81. The second-order valence-electron chi connectivity index (χ2n) is 6.88. The van der Waals surface area contributed by atoms with Gasteiger partial charge < -0.3 is 5.73 Å². The van der Waals surface area contributed by atoms with E-state index in [1.807, 2.05) is 0 Å². The van der Waals surface area contributed by atoms with Crippen LogP contribution in [0.2, 0.25) is 0 Å². The summed E-state index contributed by atoms with van der Waals surface area (Å²) in [4.78, 5) is 2.78. The van der Waals surface area contributed by atoms with Crippen molar-refractivity contribution >= 4 is 0 Å². The van der Waals surface area contributed by atoms with E-state index in [-0.39, 0.29) is 0 Å². The van der Waals surface area contributed by atoms with Gasteiger partial charge in [-0.05, 0) is 37.5 Å². The van der Waals surface area contributed by atoms with E-state index >= 15 is 0 Å². The van der Waals surface area contributed by atoms with Crippen LogP contribution in [0.25, 0.3) is 0 Å². The molecule has 0 heterocycles. The van der Waals surface area contributed by atoms with Crippen molar-refractivity contribution in [3.8, 4) is 0 Å². The van der Waals surface area contributed by atoms with Crippen LogP contribution in [0.4, 0.5) is 0 Å². The van der Waals surface area contributed by atoms with E-state index in [2.05, 4.69) is 18.7 Å². The Morgan fingerprint density at radius 3 is 2.06 bits per heavy atom. The fourth-order valence-corrected chi connectivity index (χ4v) is 3.68. The monoisotopic (exact) mass is 252 g/mol. The van der Waals surface area contributed by atoms with Gasteiger partial charge in [0.15, 0.2) is 0 Å². The molecule has 0 aromatic rings. The molecule has 0 radical (unpaired) electrons. The van der Waals surface area contributed by atoms with Crippen LogP contribution >= 0.6 is 0 Å². The van der Waals surface area contributed by atoms with Crippen molar-refractivity contribution in [3.63, 3.8) is 0 Å². The van der Waals surface area contributed by atoms with Gasteiger partial charge in [-0.25, -0.2) is 0 Å². The Morgan fingerprint density at radius 1 is 1.00 bits per heavy atom. The van der Waals surface area contributed by atoms with Crippen molar-refractivity contribution in [3.05, 3.63) is 0 Å². The number of nitrogens with zero attached hydrogens (tertiary/aromatic N) is 1. The molecule has 106 valence electrons. The first-order valence-corrected chi connectivity index (χ1v) is 8.18. The molecular weight excluding hydrogens is 220 g/mol. The molecule has 2 aliphatic carbocycles. The summed E-state index contributed by atoms with van der Waals surface area (Å²) in [5.41, 5.74) is 6.16. The van der Waals surface area contributed by atoms with E-state index in [1.165, 1.54) is 57.9 Å². The van der Waals surface area contributed by atoms with Crippen molar-refractivity contribution in [1.82, 2.24) is 4.90 Å². The Morgan fingerprint density at radius 2 is 1.61 bits per heavy atom. The standard InChI is InChI=1S/C16H32N2/c1-13(2)12-18(15-9-10-15)16(11-17)14-7-5-3-4-6-8-14/h13-16H,3-12,17H2,1-2H3. The first-order chi connectivity index (χ1) is 8.72. The molecule has 0 aliphatic heterocycles. The van der Waals surface area contributed by atoms with Gasteiger partial charge >= 0.3 is 0 Å². The first kappa shape index (κ1) is 14.3. The predicted octanol–water partition coefficient (Wildman–Crippen LogP) is 3.40. The zero-order valence-electron chi connectivity index (χ0n) is 12.4. The molecule has 2 N–H and O–H groups in total. The van der Waals surface area contributed by atoms with Crippen LogP contribution in [-0.4, -0.2) is 30.1 Å². The summed E-state index contributed by atoms with van der Waals surface area (Å²) in [5.74, 6) is 1.64. The van der Waals surface area contributed by atoms with Gasteiger partial charge in [-0.15, -0.1) is 0 Å². The van der Waals surface area contributed by atoms with Gasteiger partial charge in [-0.3, -0.25) is 4.90 Å². The third-order valence-corrected chi connectivity index (χ3v) is 4.70. The lowest BCUT2D eigenvalue weighted by molar-refractivity contribution is 0.113. The van der Waals surface area contributed by atoms with Crippen LogP contribution in [0, 0.1) is 11.8 Å². The van der Waals surface area contributed by atoms with Crippen molar-refractivity contribution in [2.24, 2.45) is 17.6 Å². The van der Waals surface area contributed by atoms with Gasteiger partial charge in [0.1, 0.15) is 0 Å². The van der Waals surface area contributed by atoms with Crippen LogP contribution in [0.3, 0.4) is 0 Å². The lowest BCUT2D eigenvalue weighted by Crippen LogP contribution is -2.48. The summed E-state index contributed by atoms with van der Waals surface area (Å²) in [6, 6.07) is 1.53. The molecule has 18 heavy (non-hydrogen) atoms. The van der Waals surface area contributed by atoms with E-state index in [9.17, 15) is 0 Å². The SMILES string of the molecule is CC(C)CN(C1CC1)C(CN)C1CCCCCC1. The number of rotatable bonds is 6. The first-order valence-electron chi connectivity index (χ1n) is 8.18. The van der Waals surface area contributed by atoms with Crippen LogP contribution in [0.1, 0.15) is 65.2 Å². The molecule has 2 nitrogen and oxygen atoms in total. The van der Waals surface area contributed by atoms with Crippen molar-refractivity contribution < 1.29 is 0 Å². The molecule has 2 heteroatoms. The van der Waals surface area contributed by atoms with E-state index in [0.717, 1.165) is 24.4 Å². The van der Waals surface area contributed by atoms with Gasteiger partial charge in [-0.2, -0.15) is 0 Å². The third kappa shape index (κ3) is 3.96. The van der Waals surface area contributed by atoms with Crippen LogP contribution in [0.15, 0.2) is 0 Å². The van der Waals surface area contributed by atoms with E-state index in [1.54, 1.807) is 0 Å². The minimum absolute atomic E-state index is 0.665. The van der Waals surface area contributed by atoms with E-state index in [4.69, 9.17) is 5.73 Å². The maximum Gasteiger partial charge on any atom is 0.0249 e. The highest BCUT2D eigenvalue weighted by Gasteiger charge is 2.36. The van der Waals surface area contributed by atoms with Crippen molar-refractivity contribution in [1.29, 1.82) is 0 Å². The zero-order chi connectivity index (χ0) is 13.0. The normalized spacial score (nSPS) is 24.5. The van der Waals surface area contributed by atoms with Gasteiger partial charge in [0.2, 0.25) is 0 Å². The summed E-state index contributed by atoms with van der Waals surface area (Å²) in [7, 11) is 0. The minimum Gasteiger partial charge on any atom is -0.329 e. The Bertz CT molecular complexity index is 227. The van der Waals surface area contributed by atoms with E-state index in [0.29, 0.717) is 6.04 Å². The molecule has 1 unspecified atom stereocenters. The van der Waals surface area contributed by atoms with Crippen LogP contribution < -0.4 is 5.73 Å². The minimum atomic E-state index is 0.665. The van der Waals surface area contributed by atoms with Crippen LogP contribution in [0.5, 0.6) is 0 Å². The largest absolute Gasteiger partial charge is 0.329 e. The molecule has 2 rings (SSSR count). The molecule has 0 bridgehead atoms. The average molecular weight is 252 g/mol. The molecule has 2 fully saturated rings. The van der Waals surface area contributed by atoms with Gasteiger partial charge in [0, 0.05) is 25.2 Å². The summed E-state index contributed by atoms with van der Waals surface area (Å²) >= 11 is 0. The quantitative estimate of drug-likeness (QED) is 0.734. The molecule has 0 saturated heterocycles. The predicted molar refractivity (Wildman–Crippen MR) is 78.6 cm³/mol. The summed E-state index contributed by atoms with van der Waals surface area (Å²) in [6.07, 6.45) is 11.4. The Kier molecular flexibility index (Phi) is 5.50. The number of nitrogens with two attached hydrogens (primary N) is 1. The molecule has 0 amide bonds. The highest BCUT2D eigenvalue weighted by molar-refractivity contribution is 4.92. The lowest BCUT2D eigenvalue weighted by atomic mass is 9.90. The topological polar surface area (TPSA) is 29.3 Å². The molecule has 0 aromatic carbocycles. The van der Waals surface area contributed by atoms with Crippen LogP contribution in [-0.2, 0) is 0 Å². The summed E-state index contributed by atoms with van der Waals surface area (Å²) in [5, 5.41) is 0. The smallest absolute Gasteiger partial charge is 0.0249 e. The second kappa shape index (κ2) is 6.91. The molecule has 0 spiro atoms.